The molecule has 1 rings (SSSR count). The number of aliphatic carboxylic acids is 1. The lowest BCUT2D eigenvalue weighted by Gasteiger charge is -2.42. The molecule has 0 bridgehead atoms. The van der Waals surface area contributed by atoms with E-state index in [1.807, 2.05) is 13.8 Å². The first-order chi connectivity index (χ1) is 9.65. The van der Waals surface area contributed by atoms with Crippen LogP contribution in [0.1, 0.15) is 48.0 Å². The van der Waals surface area contributed by atoms with Gasteiger partial charge < -0.3 is 5.11 Å². The zero-order chi connectivity index (χ0) is 16.2. The summed E-state index contributed by atoms with van der Waals surface area (Å²) in [5.74, 6) is -0.760. The van der Waals surface area contributed by atoms with Crippen molar-refractivity contribution in [3.63, 3.8) is 0 Å². The molecule has 21 heavy (non-hydrogen) atoms. The van der Waals surface area contributed by atoms with Crippen molar-refractivity contribution in [2.24, 2.45) is 0 Å². The summed E-state index contributed by atoms with van der Waals surface area (Å²) >= 11 is 0. The Bertz CT molecular complexity index is 338. The van der Waals surface area contributed by atoms with Crippen molar-refractivity contribution in [2.75, 3.05) is 26.2 Å². The molecule has 0 spiro atoms. The van der Waals surface area contributed by atoms with E-state index < -0.39 is 11.5 Å². The van der Waals surface area contributed by atoms with Crippen molar-refractivity contribution in [2.45, 2.75) is 71.6 Å². The van der Waals surface area contributed by atoms with Gasteiger partial charge in [-0.05, 0) is 48.0 Å². The van der Waals surface area contributed by atoms with Gasteiger partial charge in [0.1, 0.15) is 5.54 Å². The van der Waals surface area contributed by atoms with E-state index >= 15 is 0 Å². The smallest absolute Gasteiger partial charge is 0.323 e. The van der Waals surface area contributed by atoms with E-state index in [0.29, 0.717) is 12.5 Å². The van der Waals surface area contributed by atoms with Crippen molar-refractivity contribution in [3.05, 3.63) is 0 Å². The van der Waals surface area contributed by atoms with E-state index in [2.05, 4.69) is 35.9 Å². The molecule has 5 heteroatoms. The van der Waals surface area contributed by atoms with Gasteiger partial charge in [0.15, 0.2) is 0 Å². The molecule has 0 aromatic heterocycles. The average molecular weight is 299 g/mol. The van der Waals surface area contributed by atoms with Gasteiger partial charge in [-0.3, -0.25) is 19.9 Å². The standard InChI is InChI=1S/C16H33N3O2/c1-12(2)17-16(6,15(20)21)11-14(5)19-9-7-18(8-10-19)13(3)4/h12-14,17H,7-11H2,1-6H3,(H,20,21). The predicted molar refractivity (Wildman–Crippen MR) is 86.7 cm³/mol. The second-order valence-electron chi connectivity index (χ2n) is 7.16. The van der Waals surface area contributed by atoms with Crippen LogP contribution in [0.25, 0.3) is 0 Å². The summed E-state index contributed by atoms with van der Waals surface area (Å²) in [6.07, 6.45) is 0.627. The molecule has 2 atom stereocenters. The van der Waals surface area contributed by atoms with Crippen LogP contribution in [-0.4, -0.2) is 70.7 Å². The van der Waals surface area contributed by atoms with Crippen molar-refractivity contribution in [3.8, 4) is 0 Å². The number of carbonyl (C=O) groups is 1. The summed E-state index contributed by atoms with van der Waals surface area (Å²) < 4.78 is 0. The Morgan fingerprint density at radius 2 is 1.57 bits per heavy atom. The number of piperazine rings is 1. The van der Waals surface area contributed by atoms with Gasteiger partial charge in [0.25, 0.3) is 0 Å². The van der Waals surface area contributed by atoms with E-state index in [0.717, 1.165) is 26.2 Å². The Morgan fingerprint density at radius 3 is 1.95 bits per heavy atom. The predicted octanol–water partition coefficient (Wildman–Crippen LogP) is 1.63. The monoisotopic (exact) mass is 299 g/mol. The number of nitrogens with one attached hydrogen (secondary N) is 1. The number of carboxylic acid groups (broad SMARTS) is 1. The van der Waals surface area contributed by atoms with Gasteiger partial charge in [0, 0.05) is 44.3 Å². The zero-order valence-electron chi connectivity index (χ0n) is 14.5. The van der Waals surface area contributed by atoms with Crippen LogP contribution in [-0.2, 0) is 4.79 Å². The fraction of sp³-hybridized carbons (Fsp3) is 0.938. The van der Waals surface area contributed by atoms with Gasteiger partial charge in [-0.1, -0.05) is 0 Å². The van der Waals surface area contributed by atoms with Crippen molar-refractivity contribution < 1.29 is 9.90 Å². The Balaban J connectivity index is 2.59. The highest BCUT2D eigenvalue weighted by molar-refractivity contribution is 5.78. The molecule has 1 aliphatic heterocycles. The first-order valence-corrected chi connectivity index (χ1v) is 8.15. The van der Waals surface area contributed by atoms with Crippen LogP contribution in [0.15, 0.2) is 0 Å². The number of hydrogen-bond donors (Lipinski definition) is 2. The van der Waals surface area contributed by atoms with Crippen LogP contribution in [0.2, 0.25) is 0 Å². The summed E-state index contributed by atoms with van der Waals surface area (Å²) in [7, 11) is 0. The molecule has 5 nitrogen and oxygen atoms in total. The highest BCUT2D eigenvalue weighted by Crippen LogP contribution is 2.19. The Hall–Kier alpha value is -0.650. The maximum atomic E-state index is 11.6. The van der Waals surface area contributed by atoms with Gasteiger partial charge in [-0.25, -0.2) is 0 Å². The molecule has 2 N–H and O–H groups in total. The SMILES string of the molecule is CC(C)NC(C)(CC(C)N1CCN(C(C)C)CC1)C(=O)O. The third-order valence-electron chi connectivity index (χ3n) is 4.49. The minimum absolute atomic E-state index is 0.163. The van der Waals surface area contributed by atoms with E-state index in [1.54, 1.807) is 6.92 Å². The molecule has 1 fully saturated rings. The summed E-state index contributed by atoms with van der Waals surface area (Å²) in [6.45, 7) is 16.6. The summed E-state index contributed by atoms with van der Waals surface area (Å²) in [4.78, 5) is 16.5. The summed E-state index contributed by atoms with van der Waals surface area (Å²) in [5.41, 5.74) is -0.858. The van der Waals surface area contributed by atoms with Gasteiger partial charge in [0.2, 0.25) is 0 Å². The molecule has 2 unspecified atom stereocenters. The zero-order valence-corrected chi connectivity index (χ0v) is 14.5. The number of nitrogens with zero attached hydrogens (tertiary/aromatic N) is 2. The van der Waals surface area contributed by atoms with E-state index in [1.165, 1.54) is 0 Å². The van der Waals surface area contributed by atoms with Crippen LogP contribution in [0.3, 0.4) is 0 Å². The van der Waals surface area contributed by atoms with Gasteiger partial charge >= 0.3 is 5.97 Å². The minimum Gasteiger partial charge on any atom is -0.480 e. The first kappa shape index (κ1) is 18.4. The molecule has 0 aromatic carbocycles. The number of hydrogen-bond acceptors (Lipinski definition) is 4. The highest BCUT2D eigenvalue weighted by Gasteiger charge is 2.37. The second kappa shape index (κ2) is 7.56. The third-order valence-corrected chi connectivity index (χ3v) is 4.49. The van der Waals surface area contributed by atoms with Crippen molar-refractivity contribution in [1.82, 2.24) is 15.1 Å². The van der Waals surface area contributed by atoms with Crippen LogP contribution in [0, 0.1) is 0 Å². The normalized spacial score (nSPS) is 22.5. The van der Waals surface area contributed by atoms with Crippen molar-refractivity contribution >= 4 is 5.97 Å². The molecule has 0 saturated carbocycles. The van der Waals surface area contributed by atoms with Crippen LogP contribution < -0.4 is 5.32 Å². The van der Waals surface area contributed by atoms with Crippen molar-refractivity contribution in [1.29, 1.82) is 0 Å². The quantitative estimate of drug-likeness (QED) is 0.748. The molecule has 0 amide bonds. The Labute approximate surface area is 129 Å². The summed E-state index contributed by atoms with van der Waals surface area (Å²) in [6, 6.07) is 1.03. The fourth-order valence-electron chi connectivity index (χ4n) is 3.26. The topological polar surface area (TPSA) is 55.8 Å². The summed E-state index contributed by atoms with van der Waals surface area (Å²) in [5, 5.41) is 12.8. The molecule has 0 aromatic rings. The molecule has 1 aliphatic rings. The molecule has 1 heterocycles. The van der Waals surface area contributed by atoms with Gasteiger partial charge in [0.05, 0.1) is 0 Å². The molecular formula is C16H33N3O2. The first-order valence-electron chi connectivity index (χ1n) is 8.15. The molecule has 0 radical (unpaired) electrons. The Kier molecular flexibility index (Phi) is 6.63. The van der Waals surface area contributed by atoms with E-state index in [9.17, 15) is 9.90 Å². The van der Waals surface area contributed by atoms with E-state index in [-0.39, 0.29) is 12.1 Å². The van der Waals surface area contributed by atoms with Crippen LogP contribution in [0.5, 0.6) is 0 Å². The number of carboxylic acids is 1. The lowest BCUT2D eigenvalue weighted by atomic mass is 9.91. The van der Waals surface area contributed by atoms with Crippen LogP contribution in [0.4, 0.5) is 0 Å². The lowest BCUT2D eigenvalue weighted by Crippen LogP contribution is -2.58. The molecule has 1 saturated heterocycles. The largest absolute Gasteiger partial charge is 0.480 e. The van der Waals surface area contributed by atoms with Gasteiger partial charge in [-0.15, -0.1) is 0 Å². The molecule has 0 aliphatic carbocycles. The second-order valence-corrected chi connectivity index (χ2v) is 7.16. The third kappa shape index (κ3) is 5.24. The maximum absolute atomic E-state index is 11.6. The Morgan fingerprint density at radius 1 is 1.10 bits per heavy atom. The fourth-order valence-corrected chi connectivity index (χ4v) is 3.26. The maximum Gasteiger partial charge on any atom is 0.323 e. The molecular weight excluding hydrogens is 266 g/mol. The minimum atomic E-state index is -0.858. The van der Waals surface area contributed by atoms with Crippen LogP contribution >= 0.6 is 0 Å². The lowest BCUT2D eigenvalue weighted by molar-refractivity contribution is -0.145. The molecule has 124 valence electrons. The number of rotatable bonds is 7. The highest BCUT2D eigenvalue weighted by atomic mass is 16.4. The van der Waals surface area contributed by atoms with E-state index in [4.69, 9.17) is 0 Å². The average Bonchev–Trinajstić information content (AvgIpc) is 2.37. The van der Waals surface area contributed by atoms with Gasteiger partial charge in [-0.2, -0.15) is 0 Å².